The Morgan fingerprint density at radius 2 is 2.10 bits per heavy atom. The lowest BCUT2D eigenvalue weighted by molar-refractivity contribution is -0.139. The summed E-state index contributed by atoms with van der Waals surface area (Å²) in [5.74, 6) is -0.582. The highest BCUT2D eigenvalue weighted by Crippen LogP contribution is 2.30. The maximum atomic E-state index is 13.4. The number of rotatable bonds is 4. The van der Waals surface area contributed by atoms with Crippen LogP contribution < -0.4 is 0 Å². The summed E-state index contributed by atoms with van der Waals surface area (Å²) in [6, 6.07) is 8.91. The van der Waals surface area contributed by atoms with Crippen molar-refractivity contribution in [3.8, 4) is 11.1 Å². The summed E-state index contributed by atoms with van der Waals surface area (Å²) in [6.07, 6.45) is 1.60. The topological polar surface area (TPSA) is 39.2 Å². The molecule has 0 radical (unpaired) electrons. The Hall–Kier alpha value is -2.23. The summed E-state index contributed by atoms with van der Waals surface area (Å²) in [7, 11) is 1.37. The number of pyridine rings is 1. The zero-order valence-electron chi connectivity index (χ0n) is 12.4. The Balaban J connectivity index is 2.59. The zero-order chi connectivity index (χ0) is 15.4. The van der Waals surface area contributed by atoms with Gasteiger partial charge in [-0.2, -0.15) is 4.39 Å². The number of aromatic nitrogens is 1. The average Bonchev–Trinajstić information content (AvgIpc) is 2.47. The van der Waals surface area contributed by atoms with Crippen LogP contribution in [-0.2, 0) is 16.0 Å². The number of esters is 1. The molecule has 0 aliphatic heterocycles. The molecule has 21 heavy (non-hydrogen) atoms. The maximum absolute atomic E-state index is 13.4. The van der Waals surface area contributed by atoms with E-state index in [0.29, 0.717) is 5.56 Å². The predicted octanol–water partition coefficient (Wildman–Crippen LogP) is 3.73. The Morgan fingerprint density at radius 1 is 1.33 bits per heavy atom. The van der Waals surface area contributed by atoms with Crippen molar-refractivity contribution in [1.29, 1.82) is 0 Å². The fourth-order valence-electron chi connectivity index (χ4n) is 2.40. The van der Waals surface area contributed by atoms with Crippen molar-refractivity contribution in [3.63, 3.8) is 0 Å². The lowest BCUT2D eigenvalue weighted by Gasteiger charge is -2.17. The smallest absolute Gasteiger partial charge is 0.310 e. The monoisotopic (exact) mass is 287 g/mol. The van der Waals surface area contributed by atoms with Gasteiger partial charge < -0.3 is 4.74 Å². The maximum Gasteiger partial charge on any atom is 0.310 e. The molecule has 3 nitrogen and oxygen atoms in total. The number of carbonyl (C=O) groups is 1. The molecule has 0 atom stereocenters. The van der Waals surface area contributed by atoms with Gasteiger partial charge in [0.25, 0.3) is 0 Å². The molecule has 4 heteroatoms. The molecule has 0 unspecified atom stereocenters. The number of hydrogen-bond acceptors (Lipinski definition) is 3. The highest BCUT2D eigenvalue weighted by Gasteiger charge is 2.16. The Kier molecular flexibility index (Phi) is 4.68. The van der Waals surface area contributed by atoms with Gasteiger partial charge in [0, 0.05) is 12.3 Å². The SMILES string of the molecule is COC(=O)Cc1c(-c2ccnc(F)c2)cccc1C(C)C. The molecule has 2 rings (SSSR count). The average molecular weight is 287 g/mol. The first-order chi connectivity index (χ1) is 10.0. The van der Waals surface area contributed by atoms with Crippen molar-refractivity contribution < 1.29 is 13.9 Å². The summed E-state index contributed by atoms with van der Waals surface area (Å²) >= 11 is 0. The molecule has 0 bridgehead atoms. The third kappa shape index (κ3) is 3.45. The number of ether oxygens (including phenoxy) is 1. The van der Waals surface area contributed by atoms with Crippen molar-refractivity contribution in [3.05, 3.63) is 53.6 Å². The largest absolute Gasteiger partial charge is 0.469 e. The molecule has 0 aliphatic rings. The molecular weight excluding hydrogens is 269 g/mol. The van der Waals surface area contributed by atoms with Crippen molar-refractivity contribution in [2.24, 2.45) is 0 Å². The van der Waals surface area contributed by atoms with E-state index >= 15 is 0 Å². The van der Waals surface area contributed by atoms with Gasteiger partial charge in [0.2, 0.25) is 5.95 Å². The summed E-state index contributed by atoms with van der Waals surface area (Å²) < 4.78 is 18.1. The number of methoxy groups -OCH3 is 1. The van der Waals surface area contributed by atoms with Crippen LogP contribution in [0.2, 0.25) is 0 Å². The van der Waals surface area contributed by atoms with Gasteiger partial charge in [0.15, 0.2) is 0 Å². The zero-order valence-corrected chi connectivity index (χ0v) is 12.4. The van der Waals surface area contributed by atoms with Crippen LogP contribution in [0.15, 0.2) is 36.5 Å². The third-order valence-electron chi connectivity index (χ3n) is 3.42. The molecule has 110 valence electrons. The summed E-state index contributed by atoms with van der Waals surface area (Å²) in [5, 5.41) is 0. The van der Waals surface area contributed by atoms with E-state index in [0.717, 1.165) is 16.7 Å². The minimum atomic E-state index is -0.536. The van der Waals surface area contributed by atoms with Crippen LogP contribution in [0.25, 0.3) is 11.1 Å². The summed E-state index contributed by atoms with van der Waals surface area (Å²) in [6.45, 7) is 4.13. The highest BCUT2D eigenvalue weighted by atomic mass is 19.1. The van der Waals surface area contributed by atoms with Gasteiger partial charge in [0.05, 0.1) is 13.5 Å². The second-order valence-electron chi connectivity index (χ2n) is 5.15. The first-order valence-corrected chi connectivity index (χ1v) is 6.83. The van der Waals surface area contributed by atoms with Crippen LogP contribution in [0.4, 0.5) is 4.39 Å². The van der Waals surface area contributed by atoms with Crippen LogP contribution >= 0.6 is 0 Å². The van der Waals surface area contributed by atoms with E-state index < -0.39 is 5.95 Å². The standard InChI is InChI=1S/C17H18FNO2/c1-11(2)13-5-4-6-14(15(13)10-17(20)21-3)12-7-8-19-16(18)9-12/h4-9,11H,10H2,1-3H3. The molecule has 1 heterocycles. The molecule has 1 aromatic carbocycles. The van der Waals surface area contributed by atoms with E-state index in [9.17, 15) is 9.18 Å². The van der Waals surface area contributed by atoms with E-state index in [4.69, 9.17) is 4.74 Å². The first-order valence-electron chi connectivity index (χ1n) is 6.83. The van der Waals surface area contributed by atoms with E-state index in [1.54, 1.807) is 6.07 Å². The quantitative estimate of drug-likeness (QED) is 0.635. The van der Waals surface area contributed by atoms with Crippen LogP contribution in [0.3, 0.4) is 0 Å². The van der Waals surface area contributed by atoms with Gasteiger partial charge in [-0.15, -0.1) is 0 Å². The van der Waals surface area contributed by atoms with Crippen molar-refractivity contribution in [2.45, 2.75) is 26.2 Å². The molecule has 0 saturated heterocycles. The highest BCUT2D eigenvalue weighted by molar-refractivity contribution is 5.79. The van der Waals surface area contributed by atoms with Gasteiger partial charge in [-0.05, 0) is 34.2 Å². The fourth-order valence-corrected chi connectivity index (χ4v) is 2.40. The molecule has 2 aromatic rings. The van der Waals surface area contributed by atoms with E-state index in [2.05, 4.69) is 18.8 Å². The van der Waals surface area contributed by atoms with E-state index in [-0.39, 0.29) is 18.3 Å². The van der Waals surface area contributed by atoms with Gasteiger partial charge in [0.1, 0.15) is 0 Å². The Morgan fingerprint density at radius 3 is 2.71 bits per heavy atom. The van der Waals surface area contributed by atoms with Crippen LogP contribution in [0, 0.1) is 5.95 Å². The second kappa shape index (κ2) is 6.48. The number of nitrogens with zero attached hydrogens (tertiary/aromatic N) is 1. The summed E-state index contributed by atoms with van der Waals surface area (Å²) in [4.78, 5) is 15.3. The molecular formula is C17H18FNO2. The van der Waals surface area contributed by atoms with E-state index in [1.165, 1.54) is 19.4 Å². The third-order valence-corrected chi connectivity index (χ3v) is 3.42. The van der Waals surface area contributed by atoms with Crippen molar-refractivity contribution in [1.82, 2.24) is 4.98 Å². The minimum Gasteiger partial charge on any atom is -0.469 e. The number of halogens is 1. The second-order valence-corrected chi connectivity index (χ2v) is 5.15. The molecule has 0 spiro atoms. The van der Waals surface area contributed by atoms with Crippen molar-refractivity contribution in [2.75, 3.05) is 7.11 Å². The van der Waals surface area contributed by atoms with Crippen molar-refractivity contribution >= 4 is 5.97 Å². The van der Waals surface area contributed by atoms with Crippen LogP contribution in [0.5, 0.6) is 0 Å². The predicted molar refractivity (Wildman–Crippen MR) is 79.4 cm³/mol. The normalized spacial score (nSPS) is 10.7. The number of benzene rings is 1. The lowest BCUT2D eigenvalue weighted by atomic mass is 9.89. The molecule has 0 amide bonds. The van der Waals surface area contributed by atoms with Gasteiger partial charge in [-0.1, -0.05) is 32.0 Å². The number of hydrogen-bond donors (Lipinski definition) is 0. The molecule has 0 N–H and O–H groups in total. The number of carbonyl (C=O) groups excluding carboxylic acids is 1. The Bertz CT molecular complexity index is 653. The molecule has 0 aliphatic carbocycles. The summed E-state index contributed by atoms with van der Waals surface area (Å²) in [5.41, 5.74) is 3.50. The van der Waals surface area contributed by atoms with Crippen LogP contribution in [0.1, 0.15) is 30.9 Å². The molecule has 0 saturated carbocycles. The molecule has 1 aromatic heterocycles. The fraction of sp³-hybridized carbons (Fsp3) is 0.294. The van der Waals surface area contributed by atoms with Gasteiger partial charge in [-0.3, -0.25) is 4.79 Å². The molecule has 0 fully saturated rings. The minimum absolute atomic E-state index is 0.171. The van der Waals surface area contributed by atoms with Gasteiger partial charge in [-0.25, -0.2) is 4.98 Å². The first kappa shape index (κ1) is 15.2. The Labute approximate surface area is 123 Å². The van der Waals surface area contributed by atoms with E-state index in [1.807, 2.05) is 18.2 Å². The van der Waals surface area contributed by atoms with Crippen LogP contribution in [-0.4, -0.2) is 18.1 Å². The van der Waals surface area contributed by atoms with Gasteiger partial charge >= 0.3 is 5.97 Å². The lowest BCUT2D eigenvalue weighted by Crippen LogP contribution is -2.09.